The Labute approximate surface area is 172 Å². The van der Waals surface area contributed by atoms with Crippen LogP contribution in [-0.4, -0.2) is 33.5 Å². The van der Waals surface area contributed by atoms with Crippen LogP contribution in [0.3, 0.4) is 0 Å². The minimum absolute atomic E-state index is 0.142. The number of carbonyl (C=O) groups is 1. The van der Waals surface area contributed by atoms with E-state index in [1.807, 2.05) is 47.9 Å². The first kappa shape index (κ1) is 20.3. The standard InChI is InChI=1S/C20H22N4O2S2/c1-14-8-9-17(26-2)16(10-14)24-19(22-23-20(24)28-12-18(21)25)13-27-11-15-6-4-3-5-7-15/h3-10H,11-13H2,1-2H3,(H2,21,25). The third-order valence-electron chi connectivity index (χ3n) is 3.96. The fraction of sp³-hybridized carbons (Fsp3) is 0.250. The molecule has 146 valence electrons. The van der Waals surface area contributed by atoms with Crippen molar-refractivity contribution >= 4 is 29.4 Å². The molecule has 0 aliphatic heterocycles. The van der Waals surface area contributed by atoms with E-state index >= 15 is 0 Å². The zero-order valence-electron chi connectivity index (χ0n) is 15.8. The van der Waals surface area contributed by atoms with Crippen LogP contribution in [0.4, 0.5) is 0 Å². The van der Waals surface area contributed by atoms with Gasteiger partial charge in [0.25, 0.3) is 0 Å². The Morgan fingerprint density at radius 1 is 1.14 bits per heavy atom. The zero-order chi connectivity index (χ0) is 19.9. The summed E-state index contributed by atoms with van der Waals surface area (Å²) in [4.78, 5) is 11.2. The average molecular weight is 415 g/mol. The van der Waals surface area contributed by atoms with Gasteiger partial charge < -0.3 is 10.5 Å². The van der Waals surface area contributed by atoms with Gasteiger partial charge in [-0.25, -0.2) is 0 Å². The molecule has 3 aromatic rings. The third kappa shape index (κ3) is 5.08. The van der Waals surface area contributed by atoms with E-state index in [1.54, 1.807) is 18.9 Å². The number of aryl methyl sites for hydroxylation is 1. The molecule has 0 unspecified atom stereocenters. The van der Waals surface area contributed by atoms with Gasteiger partial charge in [-0.3, -0.25) is 9.36 Å². The zero-order valence-corrected chi connectivity index (χ0v) is 17.4. The maximum atomic E-state index is 11.2. The molecular weight excluding hydrogens is 392 g/mol. The lowest BCUT2D eigenvalue weighted by Crippen LogP contribution is -2.14. The van der Waals surface area contributed by atoms with Gasteiger partial charge in [0.1, 0.15) is 11.6 Å². The summed E-state index contributed by atoms with van der Waals surface area (Å²) in [5.41, 5.74) is 8.53. The van der Waals surface area contributed by atoms with E-state index in [-0.39, 0.29) is 5.75 Å². The summed E-state index contributed by atoms with van der Waals surface area (Å²) < 4.78 is 7.51. The summed E-state index contributed by atoms with van der Waals surface area (Å²) in [6, 6.07) is 16.2. The molecule has 0 saturated heterocycles. The van der Waals surface area contributed by atoms with Crippen molar-refractivity contribution in [2.45, 2.75) is 23.6 Å². The Balaban J connectivity index is 1.89. The number of rotatable bonds is 9. The van der Waals surface area contributed by atoms with E-state index in [9.17, 15) is 4.79 Å². The van der Waals surface area contributed by atoms with Crippen molar-refractivity contribution in [1.82, 2.24) is 14.8 Å². The lowest BCUT2D eigenvalue weighted by Gasteiger charge is -2.14. The second kappa shape index (κ2) is 9.66. The summed E-state index contributed by atoms with van der Waals surface area (Å²) in [7, 11) is 1.64. The highest BCUT2D eigenvalue weighted by molar-refractivity contribution is 7.99. The van der Waals surface area contributed by atoms with E-state index < -0.39 is 5.91 Å². The van der Waals surface area contributed by atoms with Crippen LogP contribution in [0.2, 0.25) is 0 Å². The lowest BCUT2D eigenvalue weighted by atomic mass is 10.2. The minimum Gasteiger partial charge on any atom is -0.495 e. The summed E-state index contributed by atoms with van der Waals surface area (Å²) in [5.74, 6) is 2.83. The first-order valence-electron chi connectivity index (χ1n) is 8.70. The Morgan fingerprint density at radius 2 is 1.93 bits per heavy atom. The van der Waals surface area contributed by atoms with Crippen LogP contribution in [-0.2, 0) is 16.3 Å². The molecule has 1 heterocycles. The van der Waals surface area contributed by atoms with Crippen LogP contribution in [0, 0.1) is 6.92 Å². The molecule has 0 atom stereocenters. The summed E-state index contributed by atoms with van der Waals surface area (Å²) in [6.45, 7) is 2.02. The lowest BCUT2D eigenvalue weighted by molar-refractivity contribution is -0.115. The van der Waals surface area contributed by atoms with E-state index in [2.05, 4.69) is 22.3 Å². The molecule has 0 aliphatic rings. The SMILES string of the molecule is COc1ccc(C)cc1-n1c(CSCc2ccccc2)nnc1SCC(N)=O. The highest BCUT2D eigenvalue weighted by Crippen LogP contribution is 2.31. The molecule has 0 bridgehead atoms. The second-order valence-electron chi connectivity index (χ2n) is 6.14. The Morgan fingerprint density at radius 3 is 2.64 bits per heavy atom. The van der Waals surface area contributed by atoms with Gasteiger partial charge in [-0.2, -0.15) is 0 Å². The van der Waals surface area contributed by atoms with Gasteiger partial charge in [0, 0.05) is 5.75 Å². The van der Waals surface area contributed by atoms with Crippen LogP contribution in [0.25, 0.3) is 5.69 Å². The monoisotopic (exact) mass is 414 g/mol. The van der Waals surface area contributed by atoms with E-state index in [1.165, 1.54) is 17.3 Å². The molecule has 6 nitrogen and oxygen atoms in total. The van der Waals surface area contributed by atoms with Crippen molar-refractivity contribution in [3.63, 3.8) is 0 Å². The number of amides is 1. The topological polar surface area (TPSA) is 83.0 Å². The number of nitrogens with zero attached hydrogens (tertiary/aromatic N) is 3. The predicted molar refractivity (Wildman–Crippen MR) is 114 cm³/mol. The van der Waals surface area contributed by atoms with Crippen molar-refractivity contribution in [3.05, 3.63) is 65.5 Å². The molecule has 0 spiro atoms. The first-order valence-corrected chi connectivity index (χ1v) is 10.8. The number of hydrogen-bond acceptors (Lipinski definition) is 6. The molecule has 0 aliphatic carbocycles. The molecule has 2 aromatic carbocycles. The van der Waals surface area contributed by atoms with Gasteiger partial charge in [-0.05, 0) is 30.2 Å². The molecule has 1 aromatic heterocycles. The summed E-state index contributed by atoms with van der Waals surface area (Å²) in [5, 5.41) is 9.29. The molecule has 0 fully saturated rings. The van der Waals surface area contributed by atoms with Crippen molar-refractivity contribution in [3.8, 4) is 11.4 Å². The Hall–Kier alpha value is -2.45. The van der Waals surface area contributed by atoms with E-state index in [4.69, 9.17) is 10.5 Å². The van der Waals surface area contributed by atoms with Gasteiger partial charge >= 0.3 is 0 Å². The number of nitrogens with two attached hydrogens (primary N) is 1. The van der Waals surface area contributed by atoms with Gasteiger partial charge in [0.05, 0.1) is 24.3 Å². The molecule has 0 saturated carbocycles. The Bertz CT molecular complexity index is 945. The van der Waals surface area contributed by atoms with Crippen molar-refractivity contribution in [2.24, 2.45) is 5.73 Å². The average Bonchev–Trinajstić information content (AvgIpc) is 3.09. The minimum atomic E-state index is -0.393. The summed E-state index contributed by atoms with van der Waals surface area (Å²) >= 11 is 3.03. The highest BCUT2D eigenvalue weighted by Gasteiger charge is 2.18. The molecule has 0 radical (unpaired) electrons. The van der Waals surface area contributed by atoms with Crippen LogP contribution in [0.1, 0.15) is 17.0 Å². The molecule has 2 N–H and O–H groups in total. The third-order valence-corrected chi connectivity index (χ3v) is 5.91. The maximum Gasteiger partial charge on any atom is 0.227 e. The Kier molecular flexibility index (Phi) is 7.00. The normalized spacial score (nSPS) is 10.8. The fourth-order valence-electron chi connectivity index (χ4n) is 2.67. The van der Waals surface area contributed by atoms with Crippen LogP contribution in [0.15, 0.2) is 53.7 Å². The van der Waals surface area contributed by atoms with E-state index in [0.29, 0.717) is 10.9 Å². The molecular formula is C20H22N4O2S2. The second-order valence-corrected chi connectivity index (χ2v) is 8.07. The number of aromatic nitrogens is 3. The van der Waals surface area contributed by atoms with Gasteiger partial charge in [-0.15, -0.1) is 22.0 Å². The van der Waals surface area contributed by atoms with Crippen molar-refractivity contribution in [2.75, 3.05) is 12.9 Å². The fourth-order valence-corrected chi connectivity index (χ4v) is 4.28. The molecule has 3 rings (SSSR count). The molecule has 1 amide bonds. The number of thioether (sulfide) groups is 2. The number of benzene rings is 2. The first-order chi connectivity index (χ1) is 13.6. The highest BCUT2D eigenvalue weighted by atomic mass is 32.2. The number of methoxy groups -OCH3 is 1. The number of hydrogen-bond donors (Lipinski definition) is 1. The van der Waals surface area contributed by atoms with Crippen LogP contribution < -0.4 is 10.5 Å². The quantitative estimate of drug-likeness (QED) is 0.539. The smallest absolute Gasteiger partial charge is 0.227 e. The van der Waals surface area contributed by atoms with Crippen molar-refractivity contribution in [1.29, 1.82) is 0 Å². The van der Waals surface area contributed by atoms with Crippen LogP contribution in [0.5, 0.6) is 5.75 Å². The largest absolute Gasteiger partial charge is 0.495 e. The summed E-state index contributed by atoms with van der Waals surface area (Å²) in [6.07, 6.45) is 0. The predicted octanol–water partition coefficient (Wildman–Crippen LogP) is 3.60. The number of ether oxygens (including phenoxy) is 1. The van der Waals surface area contributed by atoms with Gasteiger partial charge in [-0.1, -0.05) is 48.2 Å². The molecule has 8 heteroatoms. The molecule has 28 heavy (non-hydrogen) atoms. The van der Waals surface area contributed by atoms with Crippen molar-refractivity contribution < 1.29 is 9.53 Å². The van der Waals surface area contributed by atoms with Gasteiger partial charge in [0.15, 0.2) is 5.16 Å². The van der Waals surface area contributed by atoms with Gasteiger partial charge in [0.2, 0.25) is 5.91 Å². The number of primary amides is 1. The number of carbonyl (C=O) groups excluding carboxylic acids is 1. The van der Waals surface area contributed by atoms with Crippen LogP contribution >= 0.6 is 23.5 Å². The maximum absolute atomic E-state index is 11.2. The van der Waals surface area contributed by atoms with E-state index in [0.717, 1.165) is 28.6 Å².